The van der Waals surface area contributed by atoms with Crippen LogP contribution in [0.1, 0.15) is 0 Å². The number of hydrogen-bond donors (Lipinski definition) is 1. The van der Waals surface area contributed by atoms with Crippen LogP contribution >= 0.6 is 0 Å². The molecule has 0 aliphatic carbocycles. The lowest BCUT2D eigenvalue weighted by molar-refractivity contribution is 0.563. The molecule has 4 heteroatoms. The van der Waals surface area contributed by atoms with Gasteiger partial charge in [0.15, 0.2) is 0 Å². The van der Waals surface area contributed by atoms with Gasteiger partial charge < -0.3 is 9.84 Å². The summed E-state index contributed by atoms with van der Waals surface area (Å²) in [6.45, 7) is 0. The smallest absolute Gasteiger partial charge is 0.361 e. The number of nitrogens with one attached hydrogen (secondary N) is 2. The molecule has 0 aliphatic rings. The maximum absolute atomic E-state index is 11.1. The average molecular weight is 175 g/mol. The highest BCUT2D eigenvalue weighted by Gasteiger charge is 2.01. The van der Waals surface area contributed by atoms with E-state index in [4.69, 9.17) is 10.3 Å². The Balaban J connectivity index is 2.81. The van der Waals surface area contributed by atoms with Crippen LogP contribution < -0.4 is 16.9 Å². The average Bonchev–Trinajstić information content (AvgIpc) is 2.17. The Hall–Kier alpha value is -1.81. The van der Waals surface area contributed by atoms with E-state index in [-0.39, 0.29) is 5.69 Å². The summed E-state index contributed by atoms with van der Waals surface area (Å²) in [7, 11) is 0. The first-order chi connectivity index (χ1) is 6.31. The number of anilines is 1. The molecule has 0 saturated carbocycles. The van der Waals surface area contributed by atoms with Gasteiger partial charge in [0.05, 0.1) is 0 Å². The molecule has 0 atom stereocenters. The van der Waals surface area contributed by atoms with Crippen molar-refractivity contribution in [2.45, 2.75) is 0 Å². The Morgan fingerprint density at radius 1 is 1.31 bits per heavy atom. The van der Waals surface area contributed by atoms with E-state index in [1.165, 1.54) is 0 Å². The van der Waals surface area contributed by atoms with Crippen LogP contribution in [0.3, 0.4) is 0 Å². The lowest BCUT2D eigenvalue weighted by Crippen LogP contribution is -2.07. The van der Waals surface area contributed by atoms with E-state index in [2.05, 4.69) is 0 Å². The molecule has 4 nitrogen and oxygen atoms in total. The zero-order chi connectivity index (χ0) is 9.26. The predicted octanol–water partition coefficient (Wildman–Crippen LogP) is 1.40. The first-order valence-corrected chi connectivity index (χ1v) is 3.77. The van der Waals surface area contributed by atoms with Crippen molar-refractivity contribution in [3.63, 3.8) is 0 Å². The quantitative estimate of drug-likeness (QED) is 0.526. The van der Waals surface area contributed by atoms with Crippen LogP contribution in [0.4, 0.5) is 5.69 Å². The van der Waals surface area contributed by atoms with E-state index in [1.54, 1.807) is 18.2 Å². The molecule has 0 fully saturated rings. The van der Waals surface area contributed by atoms with Crippen LogP contribution in [0.15, 0.2) is 39.5 Å². The Morgan fingerprint density at radius 3 is 2.85 bits per heavy atom. The van der Waals surface area contributed by atoms with Crippen molar-refractivity contribution in [2.24, 2.45) is 0 Å². The summed E-state index contributed by atoms with van der Waals surface area (Å²) in [5.74, 6) is 6.85. The summed E-state index contributed by atoms with van der Waals surface area (Å²) in [6, 6.07) is 8.76. The van der Waals surface area contributed by atoms with Gasteiger partial charge in [-0.2, -0.15) is 5.84 Å². The molecule has 1 radical (unpaired) electrons. The maximum atomic E-state index is 11.1. The summed E-state index contributed by atoms with van der Waals surface area (Å²) in [6.07, 6.45) is 0. The number of fused-ring (bicyclic) bond motifs is 1. The number of para-hydroxylation sites is 1. The molecular weight excluding hydrogens is 168 g/mol. The van der Waals surface area contributed by atoms with Crippen LogP contribution in [-0.4, -0.2) is 0 Å². The van der Waals surface area contributed by atoms with Gasteiger partial charge in [-0.15, -0.1) is 0 Å². The third-order valence-electron chi connectivity index (χ3n) is 1.78. The second-order valence-electron chi connectivity index (χ2n) is 2.61. The van der Waals surface area contributed by atoms with Gasteiger partial charge in [0.2, 0.25) is 0 Å². The molecule has 1 heterocycles. The fourth-order valence-electron chi connectivity index (χ4n) is 1.15. The summed E-state index contributed by atoms with van der Waals surface area (Å²) < 4.78 is 4.95. The minimum atomic E-state index is -0.520. The lowest BCUT2D eigenvalue weighted by atomic mass is 10.2. The molecule has 2 rings (SSSR count). The van der Waals surface area contributed by atoms with Gasteiger partial charge in [-0.05, 0) is 12.1 Å². The van der Waals surface area contributed by atoms with Crippen molar-refractivity contribution in [1.29, 1.82) is 0 Å². The molecule has 1 aromatic heterocycles. The molecule has 13 heavy (non-hydrogen) atoms. The SMILES string of the molecule is [NH]Nc1cc2ccccc2oc1=O. The summed E-state index contributed by atoms with van der Waals surface area (Å²) in [5.41, 5.74) is 2.20. The fourth-order valence-corrected chi connectivity index (χ4v) is 1.15. The van der Waals surface area contributed by atoms with E-state index < -0.39 is 5.63 Å². The van der Waals surface area contributed by atoms with Gasteiger partial charge in [0, 0.05) is 5.39 Å². The highest BCUT2D eigenvalue weighted by atomic mass is 16.4. The van der Waals surface area contributed by atoms with Crippen LogP contribution in [0, 0.1) is 0 Å². The topological polar surface area (TPSA) is 66.0 Å². The molecule has 1 aromatic carbocycles. The Bertz CT molecular complexity index is 490. The Kier molecular flexibility index (Phi) is 1.75. The van der Waals surface area contributed by atoms with Crippen molar-refractivity contribution >= 4 is 16.7 Å². The molecule has 65 valence electrons. The monoisotopic (exact) mass is 175 g/mol. The van der Waals surface area contributed by atoms with Gasteiger partial charge in [0.1, 0.15) is 11.3 Å². The molecular formula is C9H7N2O2. The van der Waals surface area contributed by atoms with Crippen LogP contribution in [0.5, 0.6) is 0 Å². The van der Waals surface area contributed by atoms with E-state index >= 15 is 0 Å². The van der Waals surface area contributed by atoms with E-state index in [9.17, 15) is 4.79 Å². The minimum Gasteiger partial charge on any atom is -0.421 e. The summed E-state index contributed by atoms with van der Waals surface area (Å²) in [5, 5.41) is 0.803. The van der Waals surface area contributed by atoms with Crippen molar-refractivity contribution < 1.29 is 4.42 Å². The third-order valence-corrected chi connectivity index (χ3v) is 1.78. The zero-order valence-corrected chi connectivity index (χ0v) is 6.70. The molecule has 2 aromatic rings. The molecule has 0 aliphatic heterocycles. The lowest BCUT2D eigenvalue weighted by Gasteiger charge is -1.98. The molecule has 0 amide bonds. The minimum absolute atomic E-state index is 0.152. The largest absolute Gasteiger partial charge is 0.421 e. The zero-order valence-electron chi connectivity index (χ0n) is 6.70. The van der Waals surface area contributed by atoms with Gasteiger partial charge in [-0.1, -0.05) is 18.2 Å². The van der Waals surface area contributed by atoms with Crippen molar-refractivity contribution in [3.8, 4) is 0 Å². The number of rotatable bonds is 1. The third kappa shape index (κ3) is 1.27. The van der Waals surface area contributed by atoms with Crippen LogP contribution in [0.25, 0.3) is 11.0 Å². The Labute approximate surface area is 73.9 Å². The van der Waals surface area contributed by atoms with Crippen LogP contribution in [-0.2, 0) is 0 Å². The number of hydrogen-bond acceptors (Lipinski definition) is 3. The Morgan fingerprint density at radius 2 is 2.08 bits per heavy atom. The molecule has 0 saturated heterocycles. The second kappa shape index (κ2) is 2.91. The van der Waals surface area contributed by atoms with E-state index in [1.807, 2.05) is 17.6 Å². The second-order valence-corrected chi connectivity index (χ2v) is 2.61. The maximum Gasteiger partial charge on any atom is 0.361 e. The molecule has 0 unspecified atom stereocenters. The number of benzene rings is 1. The molecule has 0 bridgehead atoms. The molecule has 0 spiro atoms. The van der Waals surface area contributed by atoms with Crippen molar-refractivity contribution in [2.75, 3.05) is 5.43 Å². The summed E-state index contributed by atoms with van der Waals surface area (Å²) in [4.78, 5) is 11.1. The standard InChI is InChI=1S/C9H7N2O2/c10-11-7-5-6-3-1-2-4-8(6)13-9(7)12/h1-5,10-11H. The first kappa shape index (κ1) is 7.82. The normalized spacial score (nSPS) is 10.2. The first-order valence-electron chi connectivity index (χ1n) is 3.77. The highest BCUT2D eigenvalue weighted by molar-refractivity contribution is 5.79. The van der Waals surface area contributed by atoms with E-state index in [0.717, 1.165) is 5.39 Å². The van der Waals surface area contributed by atoms with Gasteiger partial charge in [-0.25, -0.2) is 4.79 Å². The van der Waals surface area contributed by atoms with E-state index in [0.29, 0.717) is 5.58 Å². The fraction of sp³-hybridized carbons (Fsp3) is 0. The van der Waals surface area contributed by atoms with Crippen LogP contribution in [0.2, 0.25) is 0 Å². The van der Waals surface area contributed by atoms with Gasteiger partial charge in [0.25, 0.3) is 0 Å². The van der Waals surface area contributed by atoms with Gasteiger partial charge >= 0.3 is 5.63 Å². The van der Waals surface area contributed by atoms with Gasteiger partial charge in [-0.3, -0.25) is 0 Å². The van der Waals surface area contributed by atoms with Crippen molar-refractivity contribution in [3.05, 3.63) is 40.8 Å². The molecule has 2 N–H and O–H groups in total. The highest BCUT2D eigenvalue weighted by Crippen LogP contribution is 2.14. The predicted molar refractivity (Wildman–Crippen MR) is 49.2 cm³/mol. The van der Waals surface area contributed by atoms with Crippen molar-refractivity contribution in [1.82, 2.24) is 5.84 Å². The summed E-state index contributed by atoms with van der Waals surface area (Å²) >= 11 is 0.